The maximum Gasteiger partial charge on any atom is 0.233 e. The number of nitrogens with zero attached hydrogens (tertiary/aromatic N) is 3. The Bertz CT molecular complexity index is 917. The fraction of sp³-hybridized carbons (Fsp3) is 0.278. The maximum absolute atomic E-state index is 12.4. The van der Waals surface area contributed by atoms with Crippen molar-refractivity contribution in [2.75, 3.05) is 24.7 Å². The first kappa shape index (κ1) is 21.4. The minimum atomic E-state index is 0.0125. The molecule has 0 saturated heterocycles. The number of amides is 1. The normalized spacial score (nSPS) is 10.8. The highest BCUT2D eigenvalue weighted by Crippen LogP contribution is 2.26. The van der Waals surface area contributed by atoms with Gasteiger partial charge in [-0.1, -0.05) is 58.4 Å². The van der Waals surface area contributed by atoms with E-state index in [9.17, 15) is 4.79 Å². The molecular weight excluding hydrogens is 455 g/mol. The van der Waals surface area contributed by atoms with Crippen LogP contribution in [0.15, 0.2) is 40.1 Å². The molecule has 0 radical (unpaired) electrons. The molecule has 0 aliphatic rings. The Hall–Kier alpha value is -1.32. The predicted molar refractivity (Wildman–Crippen MR) is 120 cm³/mol. The fourth-order valence-electron chi connectivity index (χ4n) is 2.32. The van der Waals surface area contributed by atoms with Gasteiger partial charge in [0, 0.05) is 25.0 Å². The molecule has 1 aromatic carbocycles. The van der Waals surface area contributed by atoms with E-state index in [1.54, 1.807) is 35.4 Å². The topological polar surface area (TPSA) is 58.1 Å². The average Bonchev–Trinajstić information content (AvgIpc) is 3.35. The van der Waals surface area contributed by atoms with Gasteiger partial charge in [0.15, 0.2) is 4.34 Å². The molecule has 3 rings (SSSR count). The molecule has 0 saturated carbocycles. The third-order valence-electron chi connectivity index (χ3n) is 3.78. The van der Waals surface area contributed by atoms with Crippen molar-refractivity contribution in [1.82, 2.24) is 15.1 Å². The highest BCUT2D eigenvalue weighted by Gasteiger charge is 2.13. The van der Waals surface area contributed by atoms with Gasteiger partial charge in [0.2, 0.25) is 11.0 Å². The smallest absolute Gasteiger partial charge is 0.233 e. The van der Waals surface area contributed by atoms with Gasteiger partial charge in [-0.3, -0.25) is 4.79 Å². The van der Waals surface area contributed by atoms with E-state index >= 15 is 0 Å². The van der Waals surface area contributed by atoms with Crippen LogP contribution in [0.3, 0.4) is 0 Å². The van der Waals surface area contributed by atoms with Gasteiger partial charge in [0.05, 0.1) is 15.8 Å². The van der Waals surface area contributed by atoms with Crippen molar-refractivity contribution < 1.29 is 4.79 Å². The molecule has 0 aliphatic carbocycles. The number of thiophene rings is 1. The third kappa shape index (κ3) is 6.35. The number of hydrogen-bond acceptors (Lipinski definition) is 7. The number of thioether (sulfide) groups is 1. The predicted octanol–water partition coefficient (Wildman–Crippen LogP) is 5.31. The summed E-state index contributed by atoms with van der Waals surface area (Å²) in [6.07, 6.45) is 0.956. The number of aromatic nitrogens is 2. The number of carbonyl (C=O) groups excluding carboxylic acids is 1. The molecule has 1 amide bonds. The standard InChI is InChI=1S/C18H18Cl2N4OS3/c1-24(10-12-4-5-14(19)15(20)9-12)16(25)11-27-18-23-22-17(28-18)21-7-6-13-3-2-8-26-13/h2-5,8-9H,6-7,10-11H2,1H3,(H,21,22). The summed E-state index contributed by atoms with van der Waals surface area (Å²) in [6, 6.07) is 9.55. The van der Waals surface area contributed by atoms with Crippen molar-refractivity contribution in [1.29, 1.82) is 0 Å². The van der Waals surface area contributed by atoms with E-state index in [2.05, 4.69) is 33.0 Å². The second kappa shape index (κ2) is 10.5. The molecule has 0 atom stereocenters. The van der Waals surface area contributed by atoms with Crippen molar-refractivity contribution in [3.63, 3.8) is 0 Å². The molecule has 148 valence electrons. The van der Waals surface area contributed by atoms with Crippen LogP contribution in [0.2, 0.25) is 10.0 Å². The summed E-state index contributed by atoms with van der Waals surface area (Å²) in [4.78, 5) is 15.4. The summed E-state index contributed by atoms with van der Waals surface area (Å²) in [6.45, 7) is 1.28. The first-order valence-corrected chi connectivity index (χ1v) is 11.9. The SMILES string of the molecule is CN(Cc1ccc(Cl)c(Cl)c1)C(=O)CSc1nnc(NCCc2cccs2)s1. The molecule has 0 aliphatic heterocycles. The van der Waals surface area contributed by atoms with Crippen LogP contribution in [0.5, 0.6) is 0 Å². The first-order valence-electron chi connectivity index (χ1n) is 8.41. The lowest BCUT2D eigenvalue weighted by Gasteiger charge is -2.17. The van der Waals surface area contributed by atoms with Crippen LogP contribution >= 0.6 is 57.6 Å². The maximum atomic E-state index is 12.4. The number of hydrogen-bond donors (Lipinski definition) is 1. The zero-order valence-corrected chi connectivity index (χ0v) is 19.0. The van der Waals surface area contributed by atoms with Crippen LogP contribution in [0.4, 0.5) is 5.13 Å². The Morgan fingerprint density at radius 2 is 2.11 bits per heavy atom. The van der Waals surface area contributed by atoms with E-state index in [1.807, 2.05) is 6.07 Å². The minimum Gasteiger partial charge on any atom is -0.360 e. The first-order chi connectivity index (χ1) is 13.5. The minimum absolute atomic E-state index is 0.0125. The van der Waals surface area contributed by atoms with Crippen molar-refractivity contribution in [3.05, 3.63) is 56.2 Å². The molecule has 0 bridgehead atoms. The molecule has 2 aromatic heterocycles. The van der Waals surface area contributed by atoms with Gasteiger partial charge in [-0.25, -0.2) is 0 Å². The number of benzene rings is 1. The molecule has 5 nitrogen and oxygen atoms in total. The second-order valence-electron chi connectivity index (χ2n) is 5.92. The highest BCUT2D eigenvalue weighted by molar-refractivity contribution is 8.01. The molecule has 1 N–H and O–H groups in total. The van der Waals surface area contributed by atoms with Gasteiger partial charge in [-0.05, 0) is 35.6 Å². The summed E-state index contributed by atoms with van der Waals surface area (Å²) in [5.41, 5.74) is 0.934. The van der Waals surface area contributed by atoms with Crippen LogP contribution in [-0.4, -0.2) is 40.3 Å². The fourth-order valence-corrected chi connectivity index (χ4v) is 5.07. The summed E-state index contributed by atoms with van der Waals surface area (Å²) in [7, 11) is 1.77. The van der Waals surface area contributed by atoms with Gasteiger partial charge >= 0.3 is 0 Å². The zero-order valence-electron chi connectivity index (χ0n) is 15.0. The van der Waals surface area contributed by atoms with Crippen molar-refractivity contribution in [2.45, 2.75) is 17.3 Å². The van der Waals surface area contributed by atoms with Crippen LogP contribution in [0.1, 0.15) is 10.4 Å². The van der Waals surface area contributed by atoms with Crippen LogP contribution in [0.25, 0.3) is 0 Å². The average molecular weight is 473 g/mol. The second-order valence-corrected chi connectivity index (χ2v) is 9.96. The van der Waals surface area contributed by atoms with E-state index in [0.717, 1.165) is 28.0 Å². The van der Waals surface area contributed by atoms with E-state index in [1.165, 1.54) is 28.0 Å². The number of carbonyl (C=O) groups is 1. The van der Waals surface area contributed by atoms with Crippen LogP contribution < -0.4 is 5.32 Å². The number of halogens is 2. The van der Waals surface area contributed by atoms with Crippen molar-refractivity contribution >= 4 is 68.7 Å². The Kier molecular flexibility index (Phi) is 7.99. The molecule has 28 heavy (non-hydrogen) atoms. The van der Waals surface area contributed by atoms with E-state index < -0.39 is 0 Å². The summed E-state index contributed by atoms with van der Waals surface area (Å²) < 4.78 is 0.773. The van der Waals surface area contributed by atoms with Gasteiger partial charge < -0.3 is 10.2 Å². The summed E-state index contributed by atoms with van der Waals surface area (Å²) >= 11 is 16.6. The van der Waals surface area contributed by atoms with Crippen LogP contribution in [0, 0.1) is 0 Å². The van der Waals surface area contributed by atoms with Gasteiger partial charge in [0.25, 0.3) is 0 Å². The molecule has 2 heterocycles. The largest absolute Gasteiger partial charge is 0.360 e. The number of rotatable bonds is 9. The summed E-state index contributed by atoms with van der Waals surface area (Å²) in [5, 5.41) is 15.4. The molecular formula is C18H18Cl2N4OS3. The number of nitrogens with one attached hydrogen (secondary N) is 1. The molecule has 0 spiro atoms. The Morgan fingerprint density at radius 1 is 1.25 bits per heavy atom. The van der Waals surface area contributed by atoms with Gasteiger partial charge in [0.1, 0.15) is 0 Å². The molecule has 10 heteroatoms. The molecule has 0 fully saturated rings. The van der Waals surface area contributed by atoms with Crippen molar-refractivity contribution in [2.24, 2.45) is 0 Å². The monoisotopic (exact) mass is 472 g/mol. The van der Waals surface area contributed by atoms with Gasteiger partial charge in [-0.15, -0.1) is 21.5 Å². The Balaban J connectivity index is 1.42. The summed E-state index contributed by atoms with van der Waals surface area (Å²) in [5.74, 6) is 0.320. The van der Waals surface area contributed by atoms with Crippen LogP contribution in [-0.2, 0) is 17.8 Å². The van der Waals surface area contributed by atoms with E-state index in [4.69, 9.17) is 23.2 Å². The lowest BCUT2D eigenvalue weighted by atomic mass is 10.2. The van der Waals surface area contributed by atoms with Crippen molar-refractivity contribution in [3.8, 4) is 0 Å². The quantitative estimate of drug-likeness (QED) is 0.427. The lowest BCUT2D eigenvalue weighted by Crippen LogP contribution is -2.27. The molecule has 3 aromatic rings. The van der Waals surface area contributed by atoms with E-state index in [-0.39, 0.29) is 5.91 Å². The number of anilines is 1. The highest BCUT2D eigenvalue weighted by atomic mass is 35.5. The van der Waals surface area contributed by atoms with E-state index in [0.29, 0.717) is 22.3 Å². The third-order valence-corrected chi connectivity index (χ3v) is 7.46. The molecule has 0 unspecified atom stereocenters. The zero-order chi connectivity index (χ0) is 19.9. The van der Waals surface area contributed by atoms with Gasteiger partial charge in [-0.2, -0.15) is 0 Å². The Labute approximate surface area is 186 Å². The lowest BCUT2D eigenvalue weighted by molar-refractivity contribution is -0.127. The Morgan fingerprint density at radius 3 is 2.86 bits per heavy atom.